The van der Waals surface area contributed by atoms with E-state index >= 15 is 0 Å². The van der Waals surface area contributed by atoms with Crippen molar-refractivity contribution in [3.05, 3.63) is 35.4 Å². The average molecular weight is 347 g/mol. The van der Waals surface area contributed by atoms with Gasteiger partial charge >= 0.3 is 12.0 Å². The number of carbonyl (C=O) groups is 3. The molecule has 7 nitrogen and oxygen atoms in total. The molecule has 3 amide bonds. The number of carbonyl (C=O) groups excluding carboxylic acids is 2. The molecule has 0 saturated carbocycles. The molecule has 1 fully saturated rings. The summed E-state index contributed by atoms with van der Waals surface area (Å²) in [7, 11) is 0. The summed E-state index contributed by atoms with van der Waals surface area (Å²) in [6, 6.07) is 6.36. The smallest absolute Gasteiger partial charge is 0.336 e. The molecule has 1 aliphatic rings. The van der Waals surface area contributed by atoms with Gasteiger partial charge in [0.25, 0.3) is 0 Å². The van der Waals surface area contributed by atoms with Crippen LogP contribution >= 0.6 is 0 Å². The monoisotopic (exact) mass is 347 g/mol. The Kier molecular flexibility index (Phi) is 6.38. The maximum absolute atomic E-state index is 12.3. The molecule has 1 heterocycles. The molecule has 0 aliphatic carbocycles. The predicted octanol–water partition coefficient (Wildman–Crippen LogP) is 1.78. The summed E-state index contributed by atoms with van der Waals surface area (Å²) in [5, 5.41) is 11.9. The number of nitrogens with one attached hydrogen (secondary N) is 1. The second-order valence-corrected chi connectivity index (χ2v) is 6.59. The summed E-state index contributed by atoms with van der Waals surface area (Å²) in [6.45, 7) is 6.21. The highest BCUT2D eigenvalue weighted by Gasteiger charge is 2.24. The van der Waals surface area contributed by atoms with Gasteiger partial charge in [-0.05, 0) is 17.5 Å². The van der Waals surface area contributed by atoms with E-state index in [-0.39, 0.29) is 24.0 Å². The largest absolute Gasteiger partial charge is 0.478 e. The first kappa shape index (κ1) is 18.8. The maximum atomic E-state index is 12.3. The maximum Gasteiger partial charge on any atom is 0.336 e. The zero-order chi connectivity index (χ0) is 18.4. The summed E-state index contributed by atoms with van der Waals surface area (Å²) in [5.74, 6) is -0.560. The van der Waals surface area contributed by atoms with E-state index in [1.807, 2.05) is 13.8 Å². The standard InChI is InChI=1S/C18H25N3O4/c1-13(2)11-16(22)20-7-9-21(10-8-20)18(25)19-12-14-5-3-4-6-15(14)17(23)24/h3-6,13H,7-12H2,1-2H3,(H,19,25)(H,23,24). The summed E-state index contributed by atoms with van der Waals surface area (Å²) in [5.41, 5.74) is 0.751. The highest BCUT2D eigenvalue weighted by Crippen LogP contribution is 2.10. The Balaban J connectivity index is 1.83. The molecule has 136 valence electrons. The van der Waals surface area contributed by atoms with E-state index in [4.69, 9.17) is 5.11 Å². The Morgan fingerprint density at radius 1 is 1.08 bits per heavy atom. The van der Waals surface area contributed by atoms with Crippen LogP contribution in [0.4, 0.5) is 4.79 Å². The van der Waals surface area contributed by atoms with Crippen molar-refractivity contribution >= 4 is 17.9 Å². The molecule has 1 aromatic carbocycles. The topological polar surface area (TPSA) is 90.0 Å². The zero-order valence-electron chi connectivity index (χ0n) is 14.7. The molecule has 1 aliphatic heterocycles. The molecule has 0 radical (unpaired) electrons. The molecule has 2 rings (SSSR count). The third-order valence-electron chi connectivity index (χ3n) is 4.18. The Morgan fingerprint density at radius 2 is 1.68 bits per heavy atom. The number of aromatic carboxylic acids is 1. The van der Waals surface area contributed by atoms with Crippen molar-refractivity contribution in [1.82, 2.24) is 15.1 Å². The van der Waals surface area contributed by atoms with E-state index in [0.717, 1.165) is 0 Å². The molecular formula is C18H25N3O4. The van der Waals surface area contributed by atoms with Crippen LogP contribution < -0.4 is 5.32 Å². The fourth-order valence-electron chi connectivity index (χ4n) is 2.80. The van der Waals surface area contributed by atoms with Gasteiger partial charge in [0, 0.05) is 39.1 Å². The fourth-order valence-corrected chi connectivity index (χ4v) is 2.80. The van der Waals surface area contributed by atoms with Crippen LogP contribution in [0.1, 0.15) is 36.2 Å². The number of rotatable bonds is 5. The quantitative estimate of drug-likeness (QED) is 0.850. The van der Waals surface area contributed by atoms with E-state index in [0.29, 0.717) is 44.1 Å². The molecule has 7 heteroatoms. The molecule has 0 aromatic heterocycles. The van der Waals surface area contributed by atoms with Crippen molar-refractivity contribution in [1.29, 1.82) is 0 Å². The number of hydrogen-bond donors (Lipinski definition) is 2. The van der Waals surface area contributed by atoms with Crippen LogP contribution in [-0.4, -0.2) is 59.0 Å². The van der Waals surface area contributed by atoms with Crippen molar-refractivity contribution in [3.8, 4) is 0 Å². The lowest BCUT2D eigenvalue weighted by Crippen LogP contribution is -2.53. The number of carboxylic acid groups (broad SMARTS) is 1. The summed E-state index contributed by atoms with van der Waals surface area (Å²) in [6.07, 6.45) is 0.526. The van der Waals surface area contributed by atoms with Crippen LogP contribution in [0.2, 0.25) is 0 Å². The summed E-state index contributed by atoms with van der Waals surface area (Å²) in [4.78, 5) is 39.0. The number of hydrogen-bond acceptors (Lipinski definition) is 3. The number of nitrogens with zero attached hydrogens (tertiary/aromatic N) is 2. The number of piperazine rings is 1. The minimum Gasteiger partial charge on any atom is -0.478 e. The van der Waals surface area contributed by atoms with Gasteiger partial charge in [0.15, 0.2) is 0 Å². The van der Waals surface area contributed by atoms with E-state index in [1.54, 1.807) is 28.0 Å². The number of benzene rings is 1. The van der Waals surface area contributed by atoms with Gasteiger partial charge in [-0.1, -0.05) is 32.0 Å². The SMILES string of the molecule is CC(C)CC(=O)N1CCN(C(=O)NCc2ccccc2C(=O)O)CC1. The van der Waals surface area contributed by atoms with Crippen molar-refractivity contribution in [2.45, 2.75) is 26.8 Å². The van der Waals surface area contributed by atoms with E-state index in [9.17, 15) is 14.4 Å². The van der Waals surface area contributed by atoms with Crippen LogP contribution in [0.25, 0.3) is 0 Å². The highest BCUT2D eigenvalue weighted by atomic mass is 16.4. The van der Waals surface area contributed by atoms with Crippen LogP contribution in [0.5, 0.6) is 0 Å². The van der Waals surface area contributed by atoms with Crippen molar-refractivity contribution < 1.29 is 19.5 Å². The zero-order valence-corrected chi connectivity index (χ0v) is 14.7. The van der Waals surface area contributed by atoms with Crippen molar-refractivity contribution in [3.63, 3.8) is 0 Å². The number of urea groups is 1. The molecule has 0 bridgehead atoms. The minimum atomic E-state index is -1.01. The third-order valence-corrected chi connectivity index (χ3v) is 4.18. The van der Waals surface area contributed by atoms with Crippen LogP contribution in [0, 0.1) is 5.92 Å². The molecular weight excluding hydrogens is 322 g/mol. The van der Waals surface area contributed by atoms with Crippen molar-refractivity contribution in [2.75, 3.05) is 26.2 Å². The summed E-state index contributed by atoms with van der Waals surface area (Å²) >= 11 is 0. The average Bonchev–Trinajstić information content (AvgIpc) is 2.59. The minimum absolute atomic E-state index is 0.130. The molecule has 25 heavy (non-hydrogen) atoms. The molecule has 1 saturated heterocycles. The van der Waals surface area contributed by atoms with Gasteiger partial charge in [0.05, 0.1) is 5.56 Å². The second-order valence-electron chi connectivity index (χ2n) is 6.59. The van der Waals surface area contributed by atoms with Gasteiger partial charge in [0.1, 0.15) is 0 Å². The van der Waals surface area contributed by atoms with Gasteiger partial charge < -0.3 is 20.2 Å². The van der Waals surface area contributed by atoms with Gasteiger partial charge in [-0.3, -0.25) is 4.79 Å². The van der Waals surface area contributed by atoms with Crippen molar-refractivity contribution in [2.24, 2.45) is 5.92 Å². The predicted molar refractivity (Wildman–Crippen MR) is 93.2 cm³/mol. The highest BCUT2D eigenvalue weighted by molar-refractivity contribution is 5.89. The Bertz CT molecular complexity index is 637. The molecule has 1 aromatic rings. The van der Waals surface area contributed by atoms with Gasteiger partial charge in [0.2, 0.25) is 5.91 Å². The van der Waals surface area contributed by atoms with E-state index in [1.165, 1.54) is 6.07 Å². The first-order valence-corrected chi connectivity index (χ1v) is 8.50. The number of amides is 3. The number of carboxylic acids is 1. The lowest BCUT2D eigenvalue weighted by molar-refractivity contribution is -0.133. The summed E-state index contributed by atoms with van der Waals surface area (Å²) < 4.78 is 0. The molecule has 0 unspecified atom stereocenters. The second kappa shape index (κ2) is 8.50. The van der Waals surface area contributed by atoms with Crippen LogP contribution in [0.3, 0.4) is 0 Å². The van der Waals surface area contributed by atoms with E-state index < -0.39 is 5.97 Å². The normalized spacial score (nSPS) is 14.5. The van der Waals surface area contributed by atoms with Crippen LogP contribution in [0.15, 0.2) is 24.3 Å². The van der Waals surface area contributed by atoms with Gasteiger partial charge in [-0.15, -0.1) is 0 Å². The molecule has 0 spiro atoms. The first-order chi connectivity index (χ1) is 11.9. The van der Waals surface area contributed by atoms with Gasteiger partial charge in [-0.2, -0.15) is 0 Å². The Labute approximate surface area is 147 Å². The Hall–Kier alpha value is -2.57. The van der Waals surface area contributed by atoms with Gasteiger partial charge in [-0.25, -0.2) is 9.59 Å². The Morgan fingerprint density at radius 3 is 2.28 bits per heavy atom. The molecule has 0 atom stereocenters. The first-order valence-electron chi connectivity index (χ1n) is 8.50. The van der Waals surface area contributed by atoms with Crippen LogP contribution in [-0.2, 0) is 11.3 Å². The molecule has 2 N–H and O–H groups in total. The fraction of sp³-hybridized carbons (Fsp3) is 0.500. The lowest BCUT2D eigenvalue weighted by Gasteiger charge is -2.35. The lowest BCUT2D eigenvalue weighted by atomic mass is 10.1. The third kappa shape index (κ3) is 5.20. The van der Waals surface area contributed by atoms with E-state index in [2.05, 4.69) is 5.32 Å².